The van der Waals surface area contributed by atoms with E-state index in [0.717, 1.165) is 32.6 Å². The molecule has 0 bridgehead atoms. The predicted molar refractivity (Wildman–Crippen MR) is 81.3 cm³/mol. The largest absolute Gasteiger partial charge is 0.312 e. The quantitative estimate of drug-likeness (QED) is 0.921. The standard InChI is InChI=1S/C17H21N3/c1-20(12-14-4-7-18-8-5-14)13-15-2-3-16-6-9-19-11-17(16)10-15/h2-5,7-8,10,19H,6,9,11-13H2,1H3. The number of rotatable bonds is 4. The summed E-state index contributed by atoms with van der Waals surface area (Å²) in [7, 11) is 2.16. The summed E-state index contributed by atoms with van der Waals surface area (Å²) in [5, 5.41) is 3.44. The smallest absolute Gasteiger partial charge is 0.0271 e. The molecular formula is C17H21N3. The number of fused-ring (bicyclic) bond motifs is 1. The number of benzene rings is 1. The lowest BCUT2D eigenvalue weighted by atomic mass is 9.98. The van der Waals surface area contributed by atoms with Crippen molar-refractivity contribution < 1.29 is 0 Å². The van der Waals surface area contributed by atoms with Gasteiger partial charge in [0.15, 0.2) is 0 Å². The Morgan fingerprint density at radius 3 is 2.70 bits per heavy atom. The van der Waals surface area contributed by atoms with E-state index in [2.05, 4.69) is 52.6 Å². The molecule has 0 unspecified atom stereocenters. The van der Waals surface area contributed by atoms with E-state index < -0.39 is 0 Å². The number of nitrogens with one attached hydrogen (secondary N) is 1. The Bertz CT molecular complexity index is 566. The van der Waals surface area contributed by atoms with Crippen LogP contribution in [0.15, 0.2) is 42.7 Å². The highest BCUT2D eigenvalue weighted by atomic mass is 15.1. The van der Waals surface area contributed by atoms with Gasteiger partial charge in [-0.1, -0.05) is 18.2 Å². The second-order valence-electron chi connectivity index (χ2n) is 5.56. The summed E-state index contributed by atoms with van der Waals surface area (Å²) in [6, 6.07) is 11.1. The molecule has 0 aliphatic carbocycles. The van der Waals surface area contributed by atoms with E-state index in [1.165, 1.54) is 22.3 Å². The lowest BCUT2D eigenvalue weighted by molar-refractivity contribution is 0.319. The van der Waals surface area contributed by atoms with Gasteiger partial charge in [-0.05, 0) is 54.4 Å². The molecule has 1 aliphatic rings. The highest BCUT2D eigenvalue weighted by Gasteiger charge is 2.09. The fourth-order valence-electron chi connectivity index (χ4n) is 2.80. The maximum absolute atomic E-state index is 4.06. The molecule has 0 saturated carbocycles. The molecule has 2 heterocycles. The van der Waals surface area contributed by atoms with E-state index in [-0.39, 0.29) is 0 Å². The second-order valence-corrected chi connectivity index (χ2v) is 5.56. The van der Waals surface area contributed by atoms with Crippen molar-refractivity contribution >= 4 is 0 Å². The Morgan fingerprint density at radius 2 is 1.85 bits per heavy atom. The van der Waals surface area contributed by atoms with Crippen LogP contribution in [0.4, 0.5) is 0 Å². The van der Waals surface area contributed by atoms with Crippen molar-refractivity contribution in [3.63, 3.8) is 0 Å². The summed E-state index contributed by atoms with van der Waals surface area (Å²) in [4.78, 5) is 6.40. The minimum absolute atomic E-state index is 0.956. The summed E-state index contributed by atoms with van der Waals surface area (Å²) in [6.45, 7) is 4.05. The zero-order chi connectivity index (χ0) is 13.8. The molecule has 0 spiro atoms. The van der Waals surface area contributed by atoms with Gasteiger partial charge >= 0.3 is 0 Å². The summed E-state index contributed by atoms with van der Waals surface area (Å²) < 4.78 is 0. The average Bonchev–Trinajstić information content (AvgIpc) is 2.48. The molecule has 3 heteroatoms. The SMILES string of the molecule is CN(Cc1ccncc1)Cc1ccc2c(c1)CNCC2. The van der Waals surface area contributed by atoms with Crippen LogP contribution < -0.4 is 5.32 Å². The van der Waals surface area contributed by atoms with Gasteiger partial charge in [0.2, 0.25) is 0 Å². The Balaban J connectivity index is 1.65. The monoisotopic (exact) mass is 267 g/mol. The zero-order valence-corrected chi connectivity index (χ0v) is 12.0. The van der Waals surface area contributed by atoms with Crippen LogP contribution in [0.5, 0.6) is 0 Å². The molecule has 0 atom stereocenters. The molecule has 1 N–H and O–H groups in total. The molecule has 0 fully saturated rings. The van der Waals surface area contributed by atoms with E-state index in [4.69, 9.17) is 0 Å². The lowest BCUT2D eigenvalue weighted by Crippen LogP contribution is -2.24. The van der Waals surface area contributed by atoms with Crippen LogP contribution in [0.25, 0.3) is 0 Å². The van der Waals surface area contributed by atoms with E-state index in [1.807, 2.05) is 12.4 Å². The number of hydrogen-bond acceptors (Lipinski definition) is 3. The average molecular weight is 267 g/mol. The third-order valence-corrected chi connectivity index (χ3v) is 3.81. The van der Waals surface area contributed by atoms with Gasteiger partial charge in [-0.2, -0.15) is 0 Å². The van der Waals surface area contributed by atoms with Crippen LogP contribution in [0, 0.1) is 0 Å². The van der Waals surface area contributed by atoms with Crippen molar-refractivity contribution in [1.29, 1.82) is 0 Å². The third kappa shape index (κ3) is 3.24. The summed E-state index contributed by atoms with van der Waals surface area (Å²) in [5.41, 5.74) is 5.67. The van der Waals surface area contributed by atoms with Gasteiger partial charge in [-0.25, -0.2) is 0 Å². The fourth-order valence-corrected chi connectivity index (χ4v) is 2.80. The van der Waals surface area contributed by atoms with Gasteiger partial charge in [-0.3, -0.25) is 9.88 Å². The molecule has 0 amide bonds. The van der Waals surface area contributed by atoms with Crippen molar-refractivity contribution in [3.05, 3.63) is 65.0 Å². The Hall–Kier alpha value is -1.71. The summed E-state index contributed by atoms with van der Waals surface area (Å²) in [5.74, 6) is 0. The number of nitrogens with zero attached hydrogens (tertiary/aromatic N) is 2. The van der Waals surface area contributed by atoms with Gasteiger partial charge in [-0.15, -0.1) is 0 Å². The van der Waals surface area contributed by atoms with Gasteiger partial charge in [0.1, 0.15) is 0 Å². The molecule has 2 aromatic rings. The number of aromatic nitrogens is 1. The summed E-state index contributed by atoms with van der Waals surface area (Å²) >= 11 is 0. The van der Waals surface area contributed by atoms with Crippen LogP contribution in [0.3, 0.4) is 0 Å². The molecule has 1 aliphatic heterocycles. The van der Waals surface area contributed by atoms with Crippen molar-refractivity contribution in [3.8, 4) is 0 Å². The molecule has 3 nitrogen and oxygen atoms in total. The van der Waals surface area contributed by atoms with Crippen LogP contribution in [0.1, 0.15) is 22.3 Å². The Kier molecular flexibility index (Phi) is 4.09. The van der Waals surface area contributed by atoms with Gasteiger partial charge in [0.25, 0.3) is 0 Å². The normalized spacial score (nSPS) is 14.3. The highest BCUT2D eigenvalue weighted by Crippen LogP contribution is 2.17. The van der Waals surface area contributed by atoms with Crippen LogP contribution in [-0.2, 0) is 26.1 Å². The minimum atomic E-state index is 0.956. The van der Waals surface area contributed by atoms with Crippen LogP contribution >= 0.6 is 0 Å². The lowest BCUT2D eigenvalue weighted by Gasteiger charge is -2.20. The summed E-state index contributed by atoms with van der Waals surface area (Å²) in [6.07, 6.45) is 4.87. The van der Waals surface area contributed by atoms with Gasteiger partial charge in [0, 0.05) is 32.0 Å². The van der Waals surface area contributed by atoms with Gasteiger partial charge < -0.3 is 5.32 Å². The maximum atomic E-state index is 4.06. The molecule has 1 aromatic carbocycles. The first-order chi connectivity index (χ1) is 9.81. The van der Waals surface area contributed by atoms with E-state index in [0.29, 0.717) is 0 Å². The fraction of sp³-hybridized carbons (Fsp3) is 0.353. The molecular weight excluding hydrogens is 246 g/mol. The van der Waals surface area contributed by atoms with Crippen molar-refractivity contribution in [2.45, 2.75) is 26.1 Å². The van der Waals surface area contributed by atoms with Crippen LogP contribution in [-0.4, -0.2) is 23.5 Å². The third-order valence-electron chi connectivity index (χ3n) is 3.81. The van der Waals surface area contributed by atoms with Crippen molar-refractivity contribution in [2.75, 3.05) is 13.6 Å². The Morgan fingerprint density at radius 1 is 1.05 bits per heavy atom. The van der Waals surface area contributed by atoms with E-state index in [1.54, 1.807) is 0 Å². The Labute approximate surface area is 120 Å². The van der Waals surface area contributed by atoms with Crippen molar-refractivity contribution in [2.24, 2.45) is 0 Å². The number of hydrogen-bond donors (Lipinski definition) is 1. The molecule has 3 rings (SSSR count). The molecule has 20 heavy (non-hydrogen) atoms. The van der Waals surface area contributed by atoms with Crippen LogP contribution in [0.2, 0.25) is 0 Å². The van der Waals surface area contributed by atoms with Gasteiger partial charge in [0.05, 0.1) is 0 Å². The molecule has 0 saturated heterocycles. The van der Waals surface area contributed by atoms with Crippen molar-refractivity contribution in [1.82, 2.24) is 15.2 Å². The molecule has 104 valence electrons. The second kappa shape index (κ2) is 6.16. The van der Waals surface area contributed by atoms with E-state index in [9.17, 15) is 0 Å². The minimum Gasteiger partial charge on any atom is -0.312 e. The maximum Gasteiger partial charge on any atom is 0.0271 e. The zero-order valence-electron chi connectivity index (χ0n) is 12.0. The first kappa shape index (κ1) is 13.3. The molecule has 1 aromatic heterocycles. The number of pyridine rings is 1. The predicted octanol–water partition coefficient (Wildman–Crippen LogP) is 2.36. The van der Waals surface area contributed by atoms with E-state index >= 15 is 0 Å². The topological polar surface area (TPSA) is 28.2 Å². The molecule has 0 radical (unpaired) electrons. The highest BCUT2D eigenvalue weighted by molar-refractivity contribution is 5.33. The first-order valence-corrected chi connectivity index (χ1v) is 7.20. The first-order valence-electron chi connectivity index (χ1n) is 7.20.